The van der Waals surface area contributed by atoms with E-state index in [0.29, 0.717) is 0 Å². The van der Waals surface area contributed by atoms with Gasteiger partial charge in [0.15, 0.2) is 0 Å². The van der Waals surface area contributed by atoms with Crippen molar-refractivity contribution in [2.24, 2.45) is 0 Å². The first-order valence-electron chi connectivity index (χ1n) is 21.6. The van der Waals surface area contributed by atoms with E-state index in [4.69, 9.17) is 0 Å². The fourth-order valence-electron chi connectivity index (χ4n) is 10.2. The van der Waals surface area contributed by atoms with Crippen molar-refractivity contribution in [1.82, 2.24) is 0 Å². The first-order chi connectivity index (χ1) is 30.6. The summed E-state index contributed by atoms with van der Waals surface area (Å²) in [6, 6.07) is 74.3. The Morgan fingerprint density at radius 2 is 0.855 bits per heavy atom. The van der Waals surface area contributed by atoms with E-state index in [9.17, 15) is 0 Å². The van der Waals surface area contributed by atoms with Crippen molar-refractivity contribution in [2.75, 3.05) is 0 Å². The Morgan fingerprint density at radius 1 is 0.355 bits per heavy atom. The Morgan fingerprint density at radius 3 is 1.53 bits per heavy atom. The summed E-state index contributed by atoms with van der Waals surface area (Å²) in [5.74, 6) is 0. The van der Waals surface area contributed by atoms with Crippen LogP contribution in [0.4, 0.5) is 0 Å². The average molecular weight is 787 g/mol. The summed E-state index contributed by atoms with van der Waals surface area (Å²) in [4.78, 5) is 0. The van der Waals surface area contributed by atoms with Crippen molar-refractivity contribution in [3.05, 3.63) is 222 Å². The van der Waals surface area contributed by atoms with E-state index in [-0.39, 0.29) is 0 Å². The van der Waals surface area contributed by atoms with Crippen molar-refractivity contribution in [3.8, 4) is 66.8 Å². The number of rotatable bonds is 6. The van der Waals surface area contributed by atoms with Crippen LogP contribution in [-0.4, -0.2) is 0 Å². The first-order valence-corrected chi connectivity index (χ1v) is 21.6. The predicted molar refractivity (Wildman–Crippen MR) is 268 cm³/mol. The second-order valence-electron chi connectivity index (χ2n) is 16.9. The highest BCUT2D eigenvalue weighted by atomic mass is 14.2. The lowest BCUT2D eigenvalue weighted by Crippen LogP contribution is -2.29. The zero-order valence-corrected chi connectivity index (χ0v) is 34.6. The molecule has 0 nitrogen and oxygen atoms in total. The molecule has 0 saturated heterocycles. The first kappa shape index (κ1) is 36.1. The Balaban J connectivity index is 0.938. The molecule has 12 rings (SSSR count). The smallest absolute Gasteiger partial charge is 0.00203 e. The SMILES string of the molecule is C=c1ccc(-c2ccc(-c3cc(-c4ccccc4)cc(-c4ccc(-c5ccc6ccc7c(-c8cccc9ccccc89)ccc8ccc5c6c87)cc4)c3)cc2)c2c1=C(C)CC=C2. The number of benzene rings is 11. The molecule has 0 saturated carbocycles. The molecule has 62 heavy (non-hydrogen) atoms. The van der Waals surface area contributed by atoms with Crippen LogP contribution in [0.3, 0.4) is 0 Å². The maximum Gasteiger partial charge on any atom is -0.00203 e. The monoisotopic (exact) mass is 786 g/mol. The molecule has 1 aliphatic rings. The number of hydrogen-bond donors (Lipinski definition) is 0. The highest BCUT2D eigenvalue weighted by Gasteiger charge is 2.17. The molecule has 0 fully saturated rings. The van der Waals surface area contributed by atoms with Crippen molar-refractivity contribution in [2.45, 2.75) is 13.3 Å². The minimum absolute atomic E-state index is 0.981. The van der Waals surface area contributed by atoms with Gasteiger partial charge in [0.25, 0.3) is 0 Å². The van der Waals surface area contributed by atoms with Crippen LogP contribution < -0.4 is 10.4 Å². The summed E-state index contributed by atoms with van der Waals surface area (Å²) in [7, 11) is 0. The van der Waals surface area contributed by atoms with E-state index in [1.54, 1.807) is 0 Å². The zero-order valence-electron chi connectivity index (χ0n) is 34.6. The predicted octanol–water partition coefficient (Wildman–Crippen LogP) is 15.7. The largest absolute Gasteiger partial charge is 0.0911 e. The fourth-order valence-corrected chi connectivity index (χ4v) is 10.2. The van der Waals surface area contributed by atoms with Gasteiger partial charge in [0.2, 0.25) is 0 Å². The Bertz CT molecular complexity index is 3690. The molecule has 1 aliphatic carbocycles. The van der Waals surface area contributed by atoms with E-state index in [0.717, 1.165) is 11.6 Å². The summed E-state index contributed by atoms with van der Waals surface area (Å²) >= 11 is 0. The van der Waals surface area contributed by atoms with Gasteiger partial charge in [0, 0.05) is 0 Å². The Hall–Kier alpha value is -7.80. The lowest BCUT2D eigenvalue weighted by molar-refractivity contribution is 1.29. The molecule has 0 N–H and O–H groups in total. The summed E-state index contributed by atoms with van der Waals surface area (Å²) in [5, 5.41) is 12.7. The van der Waals surface area contributed by atoms with Crippen LogP contribution in [0.15, 0.2) is 206 Å². The maximum absolute atomic E-state index is 4.35. The van der Waals surface area contributed by atoms with E-state index in [2.05, 4.69) is 226 Å². The van der Waals surface area contributed by atoms with Crippen LogP contribution in [0.1, 0.15) is 18.9 Å². The van der Waals surface area contributed by atoms with Crippen molar-refractivity contribution >= 4 is 61.3 Å². The molecule has 0 radical (unpaired) electrons. The topological polar surface area (TPSA) is 0 Å². The highest BCUT2D eigenvalue weighted by Crippen LogP contribution is 2.44. The van der Waals surface area contributed by atoms with Gasteiger partial charge in [-0.1, -0.05) is 206 Å². The van der Waals surface area contributed by atoms with Gasteiger partial charge in [-0.3, -0.25) is 0 Å². The molecule has 0 heterocycles. The van der Waals surface area contributed by atoms with Gasteiger partial charge in [0.05, 0.1) is 0 Å². The molecular formula is C62H42. The van der Waals surface area contributed by atoms with E-state index >= 15 is 0 Å². The second kappa shape index (κ2) is 14.4. The number of allylic oxidation sites excluding steroid dienone is 1. The van der Waals surface area contributed by atoms with Gasteiger partial charge in [-0.2, -0.15) is 0 Å². The second-order valence-corrected chi connectivity index (χ2v) is 16.9. The lowest BCUT2D eigenvalue weighted by Gasteiger charge is -2.17. The van der Waals surface area contributed by atoms with Gasteiger partial charge >= 0.3 is 0 Å². The van der Waals surface area contributed by atoms with Gasteiger partial charge in [-0.15, -0.1) is 0 Å². The fraction of sp³-hybridized carbons (Fsp3) is 0.0323. The molecule has 0 bridgehead atoms. The van der Waals surface area contributed by atoms with Gasteiger partial charge in [0.1, 0.15) is 0 Å². The van der Waals surface area contributed by atoms with Crippen LogP contribution in [0.25, 0.3) is 128 Å². The van der Waals surface area contributed by atoms with Crippen LogP contribution >= 0.6 is 0 Å². The minimum atomic E-state index is 0.981. The van der Waals surface area contributed by atoms with Gasteiger partial charge in [-0.25, -0.2) is 0 Å². The molecule has 11 aromatic rings. The highest BCUT2D eigenvalue weighted by molar-refractivity contribution is 6.28. The molecule has 0 aliphatic heterocycles. The third kappa shape index (κ3) is 5.91. The van der Waals surface area contributed by atoms with Gasteiger partial charge in [-0.05, 0) is 157 Å². The van der Waals surface area contributed by atoms with Crippen molar-refractivity contribution < 1.29 is 0 Å². The molecule has 0 aromatic heterocycles. The van der Waals surface area contributed by atoms with E-state index < -0.39 is 0 Å². The van der Waals surface area contributed by atoms with Crippen molar-refractivity contribution in [1.29, 1.82) is 0 Å². The zero-order chi connectivity index (χ0) is 41.3. The maximum atomic E-state index is 4.35. The average Bonchev–Trinajstić information content (AvgIpc) is 3.33. The summed E-state index contributed by atoms with van der Waals surface area (Å²) in [6.45, 7) is 6.58. The van der Waals surface area contributed by atoms with Gasteiger partial charge < -0.3 is 0 Å². The normalized spacial score (nSPS) is 12.5. The molecule has 0 amide bonds. The van der Waals surface area contributed by atoms with Crippen LogP contribution in [0.2, 0.25) is 0 Å². The van der Waals surface area contributed by atoms with Crippen LogP contribution in [0, 0.1) is 0 Å². The van der Waals surface area contributed by atoms with Crippen molar-refractivity contribution in [3.63, 3.8) is 0 Å². The molecule has 0 heteroatoms. The quantitative estimate of drug-likeness (QED) is 0.147. The summed E-state index contributed by atoms with van der Waals surface area (Å²) in [6.07, 6.45) is 5.52. The molecule has 11 aromatic carbocycles. The molecule has 290 valence electrons. The minimum Gasteiger partial charge on any atom is -0.0911 e. The molecule has 0 unspecified atom stereocenters. The molecule has 0 spiro atoms. The van der Waals surface area contributed by atoms with E-state index in [1.165, 1.54) is 126 Å². The van der Waals surface area contributed by atoms with Crippen LogP contribution in [-0.2, 0) is 0 Å². The van der Waals surface area contributed by atoms with Crippen LogP contribution in [0.5, 0.6) is 0 Å². The standard InChI is InChI=1S/C62H42/c1-39-10-8-17-57-53(31-18-40(2)60(39)57)45-23-19-42(20-24-45)50-36-49(41-11-4-3-5-12-41)37-51(38-50)43-21-25-46(26-22-43)54-32-27-47-30-35-59-56(33-28-48-29-34-58(54)61(47)62(48)59)55-16-9-14-44-13-6-7-15-52(44)55/h3-9,11-38H,2,10H2,1H3. The Kier molecular flexibility index (Phi) is 8.40. The number of hydrogen-bond acceptors (Lipinski definition) is 0. The van der Waals surface area contributed by atoms with E-state index in [1.807, 2.05) is 0 Å². The lowest BCUT2D eigenvalue weighted by atomic mass is 9.86. The third-order valence-electron chi connectivity index (χ3n) is 13.3. The summed E-state index contributed by atoms with van der Waals surface area (Å²) < 4.78 is 0. The third-order valence-corrected chi connectivity index (χ3v) is 13.3. The molecule has 0 atom stereocenters. The Labute approximate surface area is 362 Å². The molecular weight excluding hydrogens is 745 g/mol. The summed E-state index contributed by atoms with van der Waals surface area (Å²) in [5.41, 5.74) is 17.4. The number of fused-ring (bicyclic) bond motifs is 2.